The highest BCUT2D eigenvalue weighted by Gasteiger charge is 2.36. The van der Waals surface area contributed by atoms with E-state index in [9.17, 15) is 0 Å². The van der Waals surface area contributed by atoms with Crippen molar-refractivity contribution in [3.63, 3.8) is 0 Å². The zero-order valence-electron chi connectivity index (χ0n) is 16.9. The molecule has 0 bridgehead atoms. The van der Waals surface area contributed by atoms with Gasteiger partial charge < -0.3 is 20.1 Å². The molecule has 0 aromatic heterocycles. The lowest BCUT2D eigenvalue weighted by Crippen LogP contribution is -2.46. The molecular formula is C22H35N3O2. The number of ether oxygens (including phenoxy) is 2. The predicted octanol–water partition coefficient (Wildman–Crippen LogP) is 3.74. The number of aliphatic imine (C=N–C) groups is 1. The number of benzene rings is 1. The van der Waals surface area contributed by atoms with E-state index in [2.05, 4.69) is 35.8 Å². The molecule has 0 aliphatic heterocycles. The van der Waals surface area contributed by atoms with Crippen molar-refractivity contribution < 1.29 is 9.47 Å². The fraction of sp³-hybridized carbons (Fsp3) is 0.682. The molecule has 0 heterocycles. The number of nitrogens with zero attached hydrogens (tertiary/aromatic N) is 1. The van der Waals surface area contributed by atoms with E-state index in [0.717, 1.165) is 55.9 Å². The lowest BCUT2D eigenvalue weighted by atomic mass is 9.67. The third-order valence-corrected chi connectivity index (χ3v) is 5.78. The molecule has 1 aromatic rings. The Morgan fingerprint density at radius 2 is 2.04 bits per heavy atom. The molecule has 1 aromatic carbocycles. The molecule has 0 spiro atoms. The van der Waals surface area contributed by atoms with Crippen LogP contribution in [0.2, 0.25) is 0 Å². The summed E-state index contributed by atoms with van der Waals surface area (Å²) in [6, 6.07) is 8.27. The lowest BCUT2D eigenvalue weighted by Gasteiger charge is -2.42. The summed E-state index contributed by atoms with van der Waals surface area (Å²) >= 11 is 0. The monoisotopic (exact) mass is 373 g/mol. The van der Waals surface area contributed by atoms with Crippen molar-refractivity contribution in [2.45, 2.75) is 52.0 Å². The fourth-order valence-electron chi connectivity index (χ4n) is 3.56. The first kappa shape index (κ1) is 20.0. The third-order valence-electron chi connectivity index (χ3n) is 5.78. The maximum atomic E-state index is 6.01. The van der Waals surface area contributed by atoms with Crippen LogP contribution in [-0.2, 0) is 11.3 Å². The van der Waals surface area contributed by atoms with Gasteiger partial charge >= 0.3 is 0 Å². The summed E-state index contributed by atoms with van der Waals surface area (Å²) in [5.41, 5.74) is 1.52. The van der Waals surface area contributed by atoms with Gasteiger partial charge in [0.25, 0.3) is 0 Å². The van der Waals surface area contributed by atoms with Crippen molar-refractivity contribution in [1.82, 2.24) is 10.6 Å². The van der Waals surface area contributed by atoms with Gasteiger partial charge in [-0.2, -0.15) is 0 Å². The summed E-state index contributed by atoms with van der Waals surface area (Å²) in [6.45, 7) is 6.22. The Kier molecular flexibility index (Phi) is 7.39. The molecule has 3 rings (SSSR count). The summed E-state index contributed by atoms with van der Waals surface area (Å²) in [5, 5.41) is 6.94. The normalized spacial score (nSPS) is 18.7. The second-order valence-corrected chi connectivity index (χ2v) is 8.01. The highest BCUT2D eigenvalue weighted by molar-refractivity contribution is 5.79. The van der Waals surface area contributed by atoms with Gasteiger partial charge in [0, 0.05) is 32.4 Å². The quantitative estimate of drug-likeness (QED) is 0.458. The number of guanidine groups is 1. The van der Waals surface area contributed by atoms with Crippen molar-refractivity contribution in [1.29, 1.82) is 0 Å². The average Bonchev–Trinajstić information content (AvgIpc) is 3.48. The van der Waals surface area contributed by atoms with Crippen LogP contribution in [0.15, 0.2) is 29.3 Å². The molecule has 0 atom stereocenters. The van der Waals surface area contributed by atoms with Crippen LogP contribution < -0.4 is 15.4 Å². The largest absolute Gasteiger partial charge is 0.493 e. The second kappa shape index (κ2) is 9.98. The summed E-state index contributed by atoms with van der Waals surface area (Å²) < 4.78 is 11.3. The first-order chi connectivity index (χ1) is 13.2. The minimum atomic E-state index is 0.373. The minimum Gasteiger partial charge on any atom is -0.493 e. The van der Waals surface area contributed by atoms with Crippen molar-refractivity contribution >= 4 is 5.96 Å². The van der Waals surface area contributed by atoms with Crippen molar-refractivity contribution in [3.05, 3.63) is 29.8 Å². The standard InChI is InChI=1S/C22H35N3O2/c1-3-23-21(25-17-22(11-6-12-22)13-14-26-2)24-15-19-7-4-5-8-20(19)27-16-18-9-10-18/h4-5,7-8,18H,3,6,9-17H2,1-2H3,(H2,23,24,25). The Morgan fingerprint density at radius 3 is 2.70 bits per heavy atom. The van der Waals surface area contributed by atoms with Crippen molar-refractivity contribution in [3.8, 4) is 5.75 Å². The Labute approximate surface area is 163 Å². The van der Waals surface area contributed by atoms with Gasteiger partial charge in [0.05, 0.1) is 13.2 Å². The number of hydrogen-bond acceptors (Lipinski definition) is 3. The minimum absolute atomic E-state index is 0.373. The van der Waals surface area contributed by atoms with Gasteiger partial charge in [-0.15, -0.1) is 0 Å². The van der Waals surface area contributed by atoms with Gasteiger partial charge in [-0.05, 0) is 56.4 Å². The van der Waals surface area contributed by atoms with E-state index in [0.29, 0.717) is 12.0 Å². The van der Waals surface area contributed by atoms with Gasteiger partial charge in [-0.3, -0.25) is 0 Å². The molecule has 0 radical (unpaired) electrons. The first-order valence-electron chi connectivity index (χ1n) is 10.5. The van der Waals surface area contributed by atoms with Gasteiger partial charge in [-0.1, -0.05) is 24.6 Å². The number of para-hydroxylation sites is 1. The highest BCUT2D eigenvalue weighted by Crippen LogP contribution is 2.43. The topological polar surface area (TPSA) is 54.9 Å². The van der Waals surface area contributed by atoms with Crippen LogP contribution in [-0.4, -0.2) is 39.4 Å². The van der Waals surface area contributed by atoms with Crippen LogP contribution in [0, 0.1) is 11.3 Å². The maximum Gasteiger partial charge on any atom is 0.191 e. The van der Waals surface area contributed by atoms with Gasteiger partial charge in [0.2, 0.25) is 0 Å². The van der Waals surface area contributed by atoms with E-state index in [1.54, 1.807) is 7.11 Å². The molecule has 150 valence electrons. The van der Waals surface area contributed by atoms with Gasteiger partial charge in [0.15, 0.2) is 5.96 Å². The summed E-state index contributed by atoms with van der Waals surface area (Å²) in [7, 11) is 1.79. The van der Waals surface area contributed by atoms with E-state index < -0.39 is 0 Å². The zero-order chi connectivity index (χ0) is 19.0. The molecule has 2 aliphatic rings. The molecule has 2 fully saturated rings. The molecule has 2 aliphatic carbocycles. The molecular weight excluding hydrogens is 338 g/mol. The van der Waals surface area contributed by atoms with E-state index in [1.165, 1.54) is 32.1 Å². The first-order valence-corrected chi connectivity index (χ1v) is 10.5. The van der Waals surface area contributed by atoms with Gasteiger partial charge in [0.1, 0.15) is 5.75 Å². The smallest absolute Gasteiger partial charge is 0.191 e. The predicted molar refractivity (Wildman–Crippen MR) is 110 cm³/mol. The summed E-state index contributed by atoms with van der Waals surface area (Å²) in [4.78, 5) is 4.81. The number of methoxy groups -OCH3 is 1. The molecule has 27 heavy (non-hydrogen) atoms. The zero-order valence-corrected chi connectivity index (χ0v) is 16.9. The molecule has 2 N–H and O–H groups in total. The fourth-order valence-corrected chi connectivity index (χ4v) is 3.56. The van der Waals surface area contributed by atoms with Gasteiger partial charge in [-0.25, -0.2) is 4.99 Å². The van der Waals surface area contributed by atoms with Crippen LogP contribution >= 0.6 is 0 Å². The van der Waals surface area contributed by atoms with Crippen LogP contribution in [0.1, 0.15) is 51.0 Å². The van der Waals surface area contributed by atoms with Crippen LogP contribution in [0.25, 0.3) is 0 Å². The Hall–Kier alpha value is -1.75. The molecule has 0 amide bonds. The van der Waals surface area contributed by atoms with E-state index in [-0.39, 0.29) is 0 Å². The highest BCUT2D eigenvalue weighted by atomic mass is 16.5. The molecule has 2 saturated carbocycles. The average molecular weight is 374 g/mol. The van der Waals surface area contributed by atoms with Crippen LogP contribution in [0.4, 0.5) is 0 Å². The molecule has 5 heteroatoms. The Morgan fingerprint density at radius 1 is 1.22 bits per heavy atom. The second-order valence-electron chi connectivity index (χ2n) is 8.01. The number of rotatable bonds is 11. The molecule has 0 saturated heterocycles. The van der Waals surface area contributed by atoms with Crippen LogP contribution in [0.3, 0.4) is 0 Å². The summed E-state index contributed by atoms with van der Waals surface area (Å²) in [6.07, 6.45) is 7.61. The lowest BCUT2D eigenvalue weighted by molar-refractivity contribution is 0.0732. The number of hydrogen-bond donors (Lipinski definition) is 2. The SMILES string of the molecule is CCNC(=NCc1ccccc1OCC1CC1)NCC1(CCOC)CCC1. The summed E-state index contributed by atoms with van der Waals surface area (Å²) in [5.74, 6) is 2.61. The van der Waals surface area contributed by atoms with E-state index >= 15 is 0 Å². The maximum absolute atomic E-state index is 6.01. The van der Waals surface area contributed by atoms with Crippen LogP contribution in [0.5, 0.6) is 5.75 Å². The third kappa shape index (κ3) is 6.13. The Balaban J connectivity index is 1.56. The van der Waals surface area contributed by atoms with E-state index in [1.807, 2.05) is 6.07 Å². The molecule has 0 unspecified atom stereocenters. The van der Waals surface area contributed by atoms with Crippen molar-refractivity contribution in [2.24, 2.45) is 16.3 Å². The van der Waals surface area contributed by atoms with Crippen molar-refractivity contribution in [2.75, 3.05) is 33.4 Å². The van der Waals surface area contributed by atoms with E-state index in [4.69, 9.17) is 14.5 Å². The number of nitrogens with one attached hydrogen (secondary N) is 2. The Bertz CT molecular complexity index is 609. The molecule has 5 nitrogen and oxygen atoms in total.